The van der Waals surface area contributed by atoms with Crippen molar-refractivity contribution >= 4 is 22.9 Å². The second kappa shape index (κ2) is 6.18. The zero-order valence-electron chi connectivity index (χ0n) is 12.0. The van der Waals surface area contributed by atoms with Crippen LogP contribution in [0.15, 0.2) is 52.4 Å². The first-order chi connectivity index (χ1) is 11.1. The van der Waals surface area contributed by atoms with Gasteiger partial charge in [0, 0.05) is 17.3 Å². The summed E-state index contributed by atoms with van der Waals surface area (Å²) in [6.45, 7) is 0. The first kappa shape index (κ1) is 14.6. The summed E-state index contributed by atoms with van der Waals surface area (Å²) >= 11 is 0. The van der Waals surface area contributed by atoms with E-state index in [0.717, 1.165) is 10.8 Å². The van der Waals surface area contributed by atoms with Crippen LogP contribution in [-0.4, -0.2) is 27.4 Å². The number of hydrazone groups is 1. The number of nitrogens with one attached hydrogen (secondary N) is 3. The van der Waals surface area contributed by atoms with E-state index in [-0.39, 0.29) is 23.6 Å². The molecule has 0 saturated carbocycles. The van der Waals surface area contributed by atoms with Crippen LogP contribution in [0.3, 0.4) is 0 Å². The molecule has 0 unspecified atom stereocenters. The highest BCUT2D eigenvalue weighted by Crippen LogP contribution is 2.25. The van der Waals surface area contributed by atoms with Gasteiger partial charge in [0.2, 0.25) is 5.91 Å². The summed E-state index contributed by atoms with van der Waals surface area (Å²) < 4.78 is 0. The normalized spacial score (nSPS) is 11.1. The monoisotopic (exact) mass is 310 g/mol. The number of aromatic amines is 2. The third-order valence-electron chi connectivity index (χ3n) is 3.33. The summed E-state index contributed by atoms with van der Waals surface area (Å²) in [6, 6.07) is 12.2. The third kappa shape index (κ3) is 3.29. The summed E-state index contributed by atoms with van der Waals surface area (Å²) in [5.41, 5.74) is 3.06. The van der Waals surface area contributed by atoms with Gasteiger partial charge in [-0.1, -0.05) is 30.3 Å². The highest BCUT2D eigenvalue weighted by atomic mass is 16.3. The Morgan fingerprint density at radius 1 is 1.22 bits per heavy atom. The van der Waals surface area contributed by atoms with Crippen LogP contribution in [0.2, 0.25) is 0 Å². The molecule has 3 aromatic rings. The zero-order valence-corrected chi connectivity index (χ0v) is 12.0. The number of carbonyl (C=O) groups excluding carboxylic acids is 1. The fourth-order valence-electron chi connectivity index (χ4n) is 2.27. The van der Waals surface area contributed by atoms with Gasteiger partial charge in [0.05, 0.1) is 12.6 Å². The number of benzene rings is 2. The third-order valence-corrected chi connectivity index (χ3v) is 3.33. The summed E-state index contributed by atoms with van der Waals surface area (Å²) in [4.78, 5) is 22.7. The summed E-state index contributed by atoms with van der Waals surface area (Å²) in [5.74, 6) is -0.298. The predicted octanol–water partition coefficient (Wildman–Crippen LogP) is 1.25. The molecule has 1 heterocycles. The summed E-state index contributed by atoms with van der Waals surface area (Å²) in [5, 5.41) is 20.6. The first-order valence-electron chi connectivity index (χ1n) is 6.92. The van der Waals surface area contributed by atoms with E-state index in [9.17, 15) is 14.7 Å². The highest BCUT2D eigenvalue weighted by Gasteiger charge is 2.06. The minimum atomic E-state index is -0.378. The van der Waals surface area contributed by atoms with Crippen LogP contribution in [0.4, 0.5) is 0 Å². The average Bonchev–Trinajstić information content (AvgIpc) is 2.94. The molecule has 0 bridgehead atoms. The molecule has 116 valence electrons. The number of rotatable bonds is 4. The van der Waals surface area contributed by atoms with E-state index in [0.29, 0.717) is 11.3 Å². The second-order valence-corrected chi connectivity index (χ2v) is 4.97. The van der Waals surface area contributed by atoms with Crippen molar-refractivity contribution in [3.05, 3.63) is 64.1 Å². The number of fused-ring (bicyclic) bond motifs is 1. The zero-order chi connectivity index (χ0) is 16.2. The molecule has 0 spiro atoms. The number of phenols is 1. The van der Waals surface area contributed by atoms with Crippen LogP contribution in [0.25, 0.3) is 10.8 Å². The number of aromatic nitrogens is 2. The van der Waals surface area contributed by atoms with E-state index >= 15 is 0 Å². The highest BCUT2D eigenvalue weighted by molar-refractivity contribution is 6.02. The van der Waals surface area contributed by atoms with E-state index in [1.54, 1.807) is 6.07 Å². The fourth-order valence-corrected chi connectivity index (χ4v) is 2.27. The van der Waals surface area contributed by atoms with Gasteiger partial charge < -0.3 is 10.2 Å². The molecular weight excluding hydrogens is 296 g/mol. The molecule has 1 aromatic heterocycles. The van der Waals surface area contributed by atoms with Crippen LogP contribution in [-0.2, 0) is 11.2 Å². The Bertz CT molecular complexity index is 940. The Morgan fingerprint density at radius 2 is 2.04 bits per heavy atom. The molecule has 0 aliphatic rings. The standard InChI is InChI=1S/C16H14N4O3/c21-14-6-5-10-3-1-2-4-12(10)13(14)9-17-19-15(22)7-11-8-16(23)20-18-11/h1-6,8-9,21H,7H2,(H,19,22)(H2,18,20,23)/b17-9-. The lowest BCUT2D eigenvalue weighted by molar-refractivity contribution is -0.120. The van der Waals surface area contributed by atoms with Crippen LogP contribution >= 0.6 is 0 Å². The molecule has 0 atom stereocenters. The topological polar surface area (TPSA) is 110 Å². The lowest BCUT2D eigenvalue weighted by Gasteiger charge is -2.04. The number of phenolic OH excluding ortho intramolecular Hbond substituents is 1. The van der Waals surface area contributed by atoms with Crippen molar-refractivity contribution in [1.82, 2.24) is 15.6 Å². The van der Waals surface area contributed by atoms with Gasteiger partial charge in [0.15, 0.2) is 0 Å². The molecule has 23 heavy (non-hydrogen) atoms. The number of hydrogen-bond acceptors (Lipinski definition) is 4. The maximum absolute atomic E-state index is 11.7. The van der Waals surface area contributed by atoms with Crippen molar-refractivity contribution in [2.45, 2.75) is 6.42 Å². The van der Waals surface area contributed by atoms with E-state index in [2.05, 4.69) is 20.7 Å². The molecule has 0 saturated heterocycles. The molecule has 0 fully saturated rings. The average molecular weight is 310 g/mol. The van der Waals surface area contributed by atoms with E-state index in [4.69, 9.17) is 0 Å². The molecular formula is C16H14N4O3. The Hall–Kier alpha value is -3.35. The molecule has 0 aliphatic heterocycles. The molecule has 7 heteroatoms. The molecule has 3 rings (SSSR count). The van der Waals surface area contributed by atoms with E-state index in [1.807, 2.05) is 30.3 Å². The number of carbonyl (C=O) groups is 1. The second-order valence-electron chi connectivity index (χ2n) is 4.97. The molecule has 7 nitrogen and oxygen atoms in total. The van der Waals surface area contributed by atoms with Gasteiger partial charge in [-0.2, -0.15) is 5.10 Å². The van der Waals surface area contributed by atoms with Crippen LogP contribution < -0.4 is 11.0 Å². The molecule has 1 amide bonds. The van der Waals surface area contributed by atoms with Gasteiger partial charge in [0.1, 0.15) is 5.75 Å². The molecule has 2 aromatic carbocycles. The quantitative estimate of drug-likeness (QED) is 0.430. The van der Waals surface area contributed by atoms with E-state index in [1.165, 1.54) is 12.3 Å². The van der Waals surface area contributed by atoms with Gasteiger partial charge in [-0.3, -0.25) is 14.7 Å². The lowest BCUT2D eigenvalue weighted by atomic mass is 10.0. The van der Waals surface area contributed by atoms with Crippen molar-refractivity contribution in [2.24, 2.45) is 5.10 Å². The van der Waals surface area contributed by atoms with Gasteiger partial charge in [-0.05, 0) is 16.8 Å². The van der Waals surface area contributed by atoms with Crippen molar-refractivity contribution in [3.8, 4) is 5.75 Å². The van der Waals surface area contributed by atoms with Gasteiger partial charge in [0.25, 0.3) is 5.56 Å². The summed E-state index contributed by atoms with van der Waals surface area (Å²) in [7, 11) is 0. The Labute approximate surface area is 130 Å². The Morgan fingerprint density at radius 3 is 2.83 bits per heavy atom. The van der Waals surface area contributed by atoms with Crippen LogP contribution in [0, 0.1) is 0 Å². The van der Waals surface area contributed by atoms with E-state index < -0.39 is 0 Å². The van der Waals surface area contributed by atoms with Gasteiger partial charge >= 0.3 is 0 Å². The SMILES string of the molecule is O=C(Cc1cc(=O)[nH][nH]1)N/N=C\c1c(O)ccc2ccccc12. The van der Waals surface area contributed by atoms with Crippen molar-refractivity contribution in [2.75, 3.05) is 0 Å². The maximum Gasteiger partial charge on any atom is 0.264 e. The van der Waals surface area contributed by atoms with Gasteiger partial charge in [-0.25, -0.2) is 5.43 Å². The largest absolute Gasteiger partial charge is 0.507 e. The molecule has 0 aliphatic carbocycles. The molecule has 0 radical (unpaired) electrons. The predicted molar refractivity (Wildman–Crippen MR) is 86.5 cm³/mol. The first-order valence-corrected chi connectivity index (χ1v) is 6.92. The lowest BCUT2D eigenvalue weighted by Crippen LogP contribution is -2.20. The summed E-state index contributed by atoms with van der Waals surface area (Å²) in [6.07, 6.45) is 1.40. The number of amides is 1. The Kier molecular flexibility index (Phi) is 3.92. The fraction of sp³-hybridized carbons (Fsp3) is 0.0625. The maximum atomic E-state index is 11.7. The number of nitrogens with zero attached hydrogens (tertiary/aromatic N) is 1. The number of H-pyrrole nitrogens is 2. The van der Waals surface area contributed by atoms with Crippen LogP contribution in [0.5, 0.6) is 5.75 Å². The smallest absolute Gasteiger partial charge is 0.264 e. The molecule has 4 N–H and O–H groups in total. The Balaban J connectivity index is 1.74. The van der Waals surface area contributed by atoms with Gasteiger partial charge in [-0.15, -0.1) is 0 Å². The minimum Gasteiger partial charge on any atom is -0.507 e. The number of hydrogen-bond donors (Lipinski definition) is 4. The van der Waals surface area contributed by atoms with Crippen molar-refractivity contribution in [3.63, 3.8) is 0 Å². The number of aromatic hydroxyl groups is 1. The minimum absolute atomic E-state index is 0.00238. The van der Waals surface area contributed by atoms with Crippen molar-refractivity contribution < 1.29 is 9.90 Å². The van der Waals surface area contributed by atoms with Crippen LogP contribution in [0.1, 0.15) is 11.3 Å². The van der Waals surface area contributed by atoms with Crippen molar-refractivity contribution in [1.29, 1.82) is 0 Å².